The summed E-state index contributed by atoms with van der Waals surface area (Å²) in [6.45, 7) is 7.92. The Morgan fingerprint density at radius 2 is 2.06 bits per heavy atom. The second-order valence-electron chi connectivity index (χ2n) is 4.62. The van der Waals surface area contributed by atoms with Gasteiger partial charge in [-0.05, 0) is 18.1 Å². The van der Waals surface area contributed by atoms with E-state index in [4.69, 9.17) is 4.74 Å². The topological polar surface area (TPSA) is 39.9 Å². The van der Waals surface area contributed by atoms with Crippen LogP contribution in [0.5, 0.6) is 0 Å². The van der Waals surface area contributed by atoms with Crippen LogP contribution in [0.3, 0.4) is 0 Å². The van der Waals surface area contributed by atoms with Crippen molar-refractivity contribution in [1.82, 2.24) is 15.0 Å². The highest BCUT2D eigenvalue weighted by Gasteiger charge is 2.20. The average molecular weight is 241 g/mol. The first-order valence-corrected chi connectivity index (χ1v) is 5.98. The van der Waals surface area contributed by atoms with E-state index in [1.165, 1.54) is 11.1 Å². The number of aromatic nitrogens is 3. The highest BCUT2D eigenvalue weighted by Crippen LogP contribution is 2.22. The number of fused-ring (bicyclic) bond motifs is 1. The summed E-state index contributed by atoms with van der Waals surface area (Å²) in [6, 6.07) is 8.45. The second kappa shape index (κ2) is 4.38. The van der Waals surface area contributed by atoms with Crippen LogP contribution in [0.4, 0.5) is 0 Å². The normalized spacial score (nSPS) is 14.6. The van der Waals surface area contributed by atoms with E-state index >= 15 is 0 Å². The summed E-state index contributed by atoms with van der Waals surface area (Å²) in [5, 5.41) is 8.34. The molecule has 2 heterocycles. The highest BCUT2D eigenvalue weighted by atomic mass is 16.5. The summed E-state index contributed by atoms with van der Waals surface area (Å²) >= 11 is 0. The van der Waals surface area contributed by atoms with Gasteiger partial charge >= 0.3 is 0 Å². The summed E-state index contributed by atoms with van der Waals surface area (Å²) in [7, 11) is 0. The van der Waals surface area contributed by atoms with Crippen LogP contribution >= 0.6 is 0 Å². The monoisotopic (exact) mass is 241 g/mol. The van der Waals surface area contributed by atoms with Crippen molar-refractivity contribution in [1.29, 1.82) is 0 Å². The largest absolute Gasteiger partial charge is 0.370 e. The van der Waals surface area contributed by atoms with Gasteiger partial charge in [-0.25, -0.2) is 4.68 Å². The van der Waals surface area contributed by atoms with Gasteiger partial charge in [0.15, 0.2) is 0 Å². The molecule has 0 bridgehead atoms. The molecule has 4 heteroatoms. The van der Waals surface area contributed by atoms with Gasteiger partial charge in [0.2, 0.25) is 0 Å². The van der Waals surface area contributed by atoms with Crippen molar-refractivity contribution < 1.29 is 4.74 Å². The molecule has 0 N–H and O–H groups in total. The molecule has 92 valence electrons. The van der Waals surface area contributed by atoms with Crippen LogP contribution in [0.2, 0.25) is 0 Å². The lowest BCUT2D eigenvalue weighted by atomic mass is 10.1. The molecule has 0 atom stereocenters. The fourth-order valence-electron chi connectivity index (χ4n) is 2.15. The minimum Gasteiger partial charge on any atom is -0.370 e. The number of hydrogen-bond donors (Lipinski definition) is 0. The number of nitrogens with zero attached hydrogens (tertiary/aromatic N) is 3. The zero-order valence-electron chi connectivity index (χ0n) is 10.4. The lowest BCUT2D eigenvalue weighted by Crippen LogP contribution is -2.13. The molecule has 0 unspecified atom stereocenters. The summed E-state index contributed by atoms with van der Waals surface area (Å²) < 4.78 is 7.28. The number of aryl methyl sites for hydroxylation is 1. The minimum atomic E-state index is 0.530. The van der Waals surface area contributed by atoms with E-state index < -0.39 is 0 Å². The van der Waals surface area contributed by atoms with Gasteiger partial charge in [-0.3, -0.25) is 0 Å². The Balaban J connectivity index is 1.91. The standard InChI is InChI=1S/C14H15N3O/c1-10-3-5-12(6-4-10)7-17-14-11(2)8-18-9-13(14)15-16-17/h3-6H,2,7-9H2,1H3. The van der Waals surface area contributed by atoms with Crippen molar-refractivity contribution in [2.24, 2.45) is 0 Å². The zero-order valence-corrected chi connectivity index (χ0v) is 10.4. The van der Waals surface area contributed by atoms with Gasteiger partial charge in [-0.2, -0.15) is 0 Å². The summed E-state index contributed by atoms with van der Waals surface area (Å²) in [5.74, 6) is 0. The first-order valence-electron chi connectivity index (χ1n) is 5.98. The number of hydrogen-bond acceptors (Lipinski definition) is 3. The van der Waals surface area contributed by atoms with Gasteiger partial charge in [-0.15, -0.1) is 5.10 Å². The molecule has 4 nitrogen and oxygen atoms in total. The van der Waals surface area contributed by atoms with Gasteiger partial charge in [0.25, 0.3) is 0 Å². The predicted octanol–water partition coefficient (Wildman–Crippen LogP) is 2.18. The summed E-state index contributed by atoms with van der Waals surface area (Å²) in [5.41, 5.74) is 5.35. The predicted molar refractivity (Wildman–Crippen MR) is 69.0 cm³/mol. The quantitative estimate of drug-likeness (QED) is 0.809. The first kappa shape index (κ1) is 11.2. The molecule has 0 spiro atoms. The van der Waals surface area contributed by atoms with Gasteiger partial charge < -0.3 is 4.74 Å². The van der Waals surface area contributed by atoms with Crippen LogP contribution < -0.4 is 0 Å². The van der Waals surface area contributed by atoms with Gasteiger partial charge in [0, 0.05) is 0 Å². The molecule has 0 fully saturated rings. The fraction of sp³-hybridized carbons (Fsp3) is 0.286. The van der Waals surface area contributed by atoms with Crippen LogP contribution in [-0.2, 0) is 17.9 Å². The maximum absolute atomic E-state index is 5.37. The SMILES string of the molecule is C=C1COCc2nnn(Cc3ccc(C)cc3)c21. The van der Waals surface area contributed by atoms with Gasteiger partial charge in [-0.1, -0.05) is 41.6 Å². The Kier molecular flexibility index (Phi) is 2.72. The summed E-state index contributed by atoms with van der Waals surface area (Å²) in [6.07, 6.45) is 0. The Morgan fingerprint density at radius 3 is 2.83 bits per heavy atom. The molecule has 0 saturated carbocycles. The fourth-order valence-corrected chi connectivity index (χ4v) is 2.15. The van der Waals surface area contributed by atoms with Crippen molar-refractivity contribution in [2.75, 3.05) is 6.61 Å². The molecule has 2 aromatic rings. The third kappa shape index (κ3) is 1.95. The Labute approximate surface area is 106 Å². The van der Waals surface area contributed by atoms with E-state index in [0.717, 1.165) is 23.5 Å². The van der Waals surface area contributed by atoms with Gasteiger partial charge in [0.05, 0.1) is 25.5 Å². The second-order valence-corrected chi connectivity index (χ2v) is 4.62. The molecule has 1 aliphatic heterocycles. The molecule has 1 aromatic carbocycles. The number of rotatable bonds is 2. The van der Waals surface area contributed by atoms with E-state index in [-0.39, 0.29) is 0 Å². The van der Waals surface area contributed by atoms with E-state index in [0.29, 0.717) is 13.2 Å². The smallest absolute Gasteiger partial charge is 0.116 e. The maximum Gasteiger partial charge on any atom is 0.116 e. The van der Waals surface area contributed by atoms with E-state index in [1.807, 2.05) is 4.68 Å². The number of ether oxygens (including phenoxy) is 1. The lowest BCUT2D eigenvalue weighted by Gasteiger charge is -2.15. The zero-order chi connectivity index (χ0) is 12.5. The molecular formula is C14H15N3O. The van der Waals surface area contributed by atoms with Crippen LogP contribution in [0, 0.1) is 6.92 Å². The van der Waals surface area contributed by atoms with Crippen LogP contribution in [0.1, 0.15) is 22.5 Å². The van der Waals surface area contributed by atoms with E-state index in [1.54, 1.807) is 0 Å². The molecular weight excluding hydrogens is 226 g/mol. The molecule has 1 aromatic heterocycles. The van der Waals surface area contributed by atoms with Crippen LogP contribution in [-0.4, -0.2) is 21.6 Å². The molecule has 0 aliphatic carbocycles. The Morgan fingerprint density at radius 1 is 1.28 bits per heavy atom. The molecule has 3 rings (SSSR count). The molecule has 1 aliphatic rings. The maximum atomic E-state index is 5.37. The van der Waals surface area contributed by atoms with Crippen molar-refractivity contribution in [3.8, 4) is 0 Å². The third-order valence-electron chi connectivity index (χ3n) is 3.11. The lowest BCUT2D eigenvalue weighted by molar-refractivity contribution is 0.143. The molecule has 0 radical (unpaired) electrons. The van der Waals surface area contributed by atoms with Crippen molar-refractivity contribution in [3.63, 3.8) is 0 Å². The molecule has 0 amide bonds. The van der Waals surface area contributed by atoms with Gasteiger partial charge in [0.1, 0.15) is 5.69 Å². The molecule has 0 saturated heterocycles. The number of benzene rings is 1. The first-order chi connectivity index (χ1) is 8.74. The third-order valence-corrected chi connectivity index (χ3v) is 3.11. The highest BCUT2D eigenvalue weighted by molar-refractivity contribution is 5.64. The van der Waals surface area contributed by atoms with Crippen molar-refractivity contribution >= 4 is 5.57 Å². The van der Waals surface area contributed by atoms with Crippen molar-refractivity contribution in [2.45, 2.75) is 20.1 Å². The minimum absolute atomic E-state index is 0.530. The van der Waals surface area contributed by atoms with Crippen molar-refractivity contribution in [3.05, 3.63) is 53.4 Å². The van der Waals surface area contributed by atoms with E-state index in [9.17, 15) is 0 Å². The van der Waals surface area contributed by atoms with Crippen LogP contribution in [0.15, 0.2) is 30.8 Å². The Bertz CT molecular complexity index is 584. The van der Waals surface area contributed by atoms with E-state index in [2.05, 4.69) is 48.1 Å². The Hall–Kier alpha value is -1.94. The van der Waals surface area contributed by atoms with Crippen LogP contribution in [0.25, 0.3) is 5.57 Å². The molecule has 18 heavy (non-hydrogen) atoms. The summed E-state index contributed by atoms with van der Waals surface area (Å²) in [4.78, 5) is 0. The average Bonchev–Trinajstić information content (AvgIpc) is 2.77.